The molecule has 1 atom stereocenters. The Bertz CT molecular complexity index is 1010. The van der Waals surface area contributed by atoms with Crippen molar-refractivity contribution in [2.45, 2.75) is 24.0 Å². The smallest absolute Gasteiger partial charge is 0.300 e. The second-order valence-corrected chi connectivity index (χ2v) is 9.61. The van der Waals surface area contributed by atoms with E-state index in [9.17, 15) is 31.2 Å². The van der Waals surface area contributed by atoms with Gasteiger partial charge in [0.15, 0.2) is 11.2 Å². The maximum absolute atomic E-state index is 12.9. The Morgan fingerprint density at radius 3 is 2.54 bits per heavy atom. The minimum atomic E-state index is -4.80. The minimum absolute atomic E-state index is 0.0129. The number of amides is 1. The number of carbonyl (C=O) groups is 2. The molecule has 1 aliphatic heterocycles. The molecule has 0 fully saturated rings. The van der Waals surface area contributed by atoms with Crippen LogP contribution in [0.2, 0.25) is 0 Å². The van der Waals surface area contributed by atoms with Gasteiger partial charge in [-0.1, -0.05) is 0 Å². The van der Waals surface area contributed by atoms with Crippen LogP contribution >= 0.6 is 22.7 Å². The van der Waals surface area contributed by atoms with Gasteiger partial charge in [0.2, 0.25) is 15.8 Å². The molecule has 7 nitrogen and oxygen atoms in total. The number of ketones is 1. The highest BCUT2D eigenvalue weighted by atomic mass is 32.2. The van der Waals surface area contributed by atoms with Crippen LogP contribution in [-0.2, 0) is 21.0 Å². The van der Waals surface area contributed by atoms with Crippen molar-refractivity contribution in [3.63, 3.8) is 0 Å². The number of hydrogen-bond acceptors (Lipinski definition) is 7. The summed E-state index contributed by atoms with van der Waals surface area (Å²) in [6.45, 7) is 1.73. The fourth-order valence-electron chi connectivity index (χ4n) is 2.33. The Kier molecular flexibility index (Phi) is 4.45. The molecule has 0 aromatic carbocycles. The van der Waals surface area contributed by atoms with Gasteiger partial charge in [0.1, 0.15) is 9.77 Å². The first-order valence-electron chi connectivity index (χ1n) is 6.89. The van der Waals surface area contributed by atoms with Crippen LogP contribution in [0.5, 0.6) is 0 Å². The largest absolute Gasteiger partial charge is 0.425 e. The number of Topliss-reactive ketones (excluding diaryl/α,β-unsaturated/α-hetero) is 1. The third-order valence-electron chi connectivity index (χ3n) is 3.57. The molecule has 1 aliphatic rings. The molecule has 3 rings (SSSR count). The molecular formula is C13H10F3N3O4S3. The monoisotopic (exact) mass is 425 g/mol. The SMILES string of the molecule is Cc1cnc(NC(=O)C2C(=O)c3sc(C(F)(F)F)cc3S(=O)(=O)N2C)s1. The van der Waals surface area contributed by atoms with Gasteiger partial charge in [-0.2, -0.15) is 17.5 Å². The van der Waals surface area contributed by atoms with E-state index in [2.05, 4.69) is 10.3 Å². The summed E-state index contributed by atoms with van der Waals surface area (Å²) in [4.78, 5) is 27.0. The third kappa shape index (κ3) is 3.04. The number of likely N-dealkylation sites (N-methyl/N-ethyl adjacent to an activating group) is 1. The third-order valence-corrected chi connectivity index (χ3v) is 7.57. The predicted octanol–water partition coefficient (Wildman–Crippen LogP) is 2.36. The number of sulfonamides is 1. The highest BCUT2D eigenvalue weighted by Crippen LogP contribution is 2.42. The molecule has 0 saturated heterocycles. The van der Waals surface area contributed by atoms with Crippen molar-refractivity contribution in [3.8, 4) is 0 Å². The Balaban J connectivity index is 2.03. The molecule has 1 amide bonds. The van der Waals surface area contributed by atoms with Gasteiger partial charge in [0.05, 0.1) is 4.88 Å². The maximum atomic E-state index is 12.9. The number of thiazole rings is 1. The average Bonchev–Trinajstić information content (AvgIpc) is 3.12. The highest BCUT2D eigenvalue weighted by Gasteiger charge is 2.49. The van der Waals surface area contributed by atoms with Crippen molar-refractivity contribution in [3.05, 3.63) is 26.9 Å². The number of rotatable bonds is 2. The van der Waals surface area contributed by atoms with E-state index in [4.69, 9.17) is 0 Å². The van der Waals surface area contributed by atoms with E-state index >= 15 is 0 Å². The molecule has 0 saturated carbocycles. The number of carbonyl (C=O) groups excluding carboxylic acids is 2. The molecule has 2 aromatic rings. The van der Waals surface area contributed by atoms with Gasteiger partial charge in [-0.05, 0) is 13.0 Å². The summed E-state index contributed by atoms with van der Waals surface area (Å²) in [5.41, 5.74) is 0. The van der Waals surface area contributed by atoms with Crippen molar-refractivity contribution in [2.24, 2.45) is 0 Å². The van der Waals surface area contributed by atoms with E-state index < -0.39 is 48.6 Å². The summed E-state index contributed by atoms with van der Waals surface area (Å²) < 4.78 is 64.1. The van der Waals surface area contributed by atoms with Crippen molar-refractivity contribution in [1.29, 1.82) is 0 Å². The molecule has 1 unspecified atom stereocenters. The first-order chi connectivity index (χ1) is 11.9. The molecule has 2 aromatic heterocycles. The second-order valence-electron chi connectivity index (χ2n) is 5.36. The molecule has 3 heterocycles. The molecule has 140 valence electrons. The Labute approximate surface area is 153 Å². The Morgan fingerprint density at radius 1 is 1.35 bits per heavy atom. The molecule has 0 radical (unpaired) electrons. The summed E-state index contributed by atoms with van der Waals surface area (Å²) in [7, 11) is -3.46. The normalized spacial score (nSPS) is 20.0. The van der Waals surface area contributed by atoms with Crippen LogP contribution in [0.25, 0.3) is 0 Å². The van der Waals surface area contributed by atoms with Gasteiger partial charge >= 0.3 is 6.18 Å². The average molecular weight is 425 g/mol. The number of nitrogens with zero attached hydrogens (tertiary/aromatic N) is 2. The lowest BCUT2D eigenvalue weighted by Gasteiger charge is -2.28. The fourth-order valence-corrected chi connectivity index (χ4v) is 5.78. The number of alkyl halides is 3. The van der Waals surface area contributed by atoms with Gasteiger partial charge in [-0.25, -0.2) is 13.4 Å². The Hall–Kier alpha value is -1.83. The summed E-state index contributed by atoms with van der Waals surface area (Å²) in [6, 6.07) is -1.39. The number of aromatic nitrogens is 1. The zero-order valence-electron chi connectivity index (χ0n) is 13.1. The van der Waals surface area contributed by atoms with E-state index in [0.717, 1.165) is 23.3 Å². The zero-order valence-corrected chi connectivity index (χ0v) is 15.6. The van der Waals surface area contributed by atoms with E-state index in [1.165, 1.54) is 6.20 Å². The van der Waals surface area contributed by atoms with Crippen molar-refractivity contribution >= 4 is 49.5 Å². The van der Waals surface area contributed by atoms with Gasteiger partial charge < -0.3 is 5.32 Å². The number of fused-ring (bicyclic) bond motifs is 1. The van der Waals surface area contributed by atoms with E-state index in [0.29, 0.717) is 10.4 Å². The topological polar surface area (TPSA) is 96.4 Å². The van der Waals surface area contributed by atoms with E-state index in [-0.39, 0.29) is 16.5 Å². The van der Waals surface area contributed by atoms with Crippen molar-refractivity contribution in [1.82, 2.24) is 9.29 Å². The van der Waals surface area contributed by atoms with Crippen LogP contribution in [-0.4, -0.2) is 42.5 Å². The number of thiophene rings is 1. The first kappa shape index (κ1) is 18.9. The van der Waals surface area contributed by atoms with Gasteiger partial charge in [-0.3, -0.25) is 9.59 Å². The summed E-state index contributed by atoms with van der Waals surface area (Å²) in [5, 5.41) is 2.47. The molecule has 1 N–H and O–H groups in total. The standard InChI is InChI=1S/C13H10F3N3O4S3/c1-5-4-17-12(24-5)18-11(21)8-9(20)10-6(26(22,23)19(8)2)3-7(25-10)13(14,15)16/h3-4,8H,1-2H3,(H,17,18,21). The zero-order chi connectivity index (χ0) is 19.4. The lowest BCUT2D eigenvalue weighted by atomic mass is 10.1. The van der Waals surface area contributed by atoms with Gasteiger partial charge in [0, 0.05) is 18.1 Å². The summed E-state index contributed by atoms with van der Waals surface area (Å²) in [6.07, 6.45) is -3.33. The van der Waals surface area contributed by atoms with Crippen LogP contribution in [0.1, 0.15) is 19.4 Å². The maximum Gasteiger partial charge on any atom is 0.425 e. The second kappa shape index (κ2) is 6.11. The lowest BCUT2D eigenvalue weighted by molar-refractivity contribution is -0.134. The number of hydrogen-bond donors (Lipinski definition) is 1. The molecule has 13 heteroatoms. The van der Waals surface area contributed by atoms with Crippen molar-refractivity contribution < 1.29 is 31.2 Å². The fraction of sp³-hybridized carbons (Fsp3) is 0.308. The summed E-state index contributed by atoms with van der Waals surface area (Å²) >= 11 is 1.12. The van der Waals surface area contributed by atoms with E-state index in [1.54, 1.807) is 6.92 Å². The van der Waals surface area contributed by atoms with Crippen LogP contribution in [0, 0.1) is 6.92 Å². The number of anilines is 1. The lowest BCUT2D eigenvalue weighted by Crippen LogP contribution is -2.52. The molecule has 0 spiro atoms. The number of aryl methyl sites for hydroxylation is 1. The molecule has 26 heavy (non-hydrogen) atoms. The van der Waals surface area contributed by atoms with Crippen molar-refractivity contribution in [2.75, 3.05) is 12.4 Å². The minimum Gasteiger partial charge on any atom is -0.300 e. The van der Waals surface area contributed by atoms with E-state index in [1.807, 2.05) is 0 Å². The quantitative estimate of drug-likeness (QED) is 0.745. The van der Waals surface area contributed by atoms with Crippen LogP contribution in [0.4, 0.5) is 18.3 Å². The molecule has 0 bridgehead atoms. The predicted molar refractivity (Wildman–Crippen MR) is 87.9 cm³/mol. The van der Waals surface area contributed by atoms with Crippen LogP contribution in [0.3, 0.4) is 0 Å². The number of nitrogens with one attached hydrogen (secondary N) is 1. The molecular weight excluding hydrogens is 415 g/mol. The molecule has 0 aliphatic carbocycles. The summed E-state index contributed by atoms with van der Waals surface area (Å²) in [5.74, 6) is -1.99. The van der Waals surface area contributed by atoms with Gasteiger partial charge in [-0.15, -0.1) is 22.7 Å². The highest BCUT2D eigenvalue weighted by molar-refractivity contribution is 7.89. The van der Waals surface area contributed by atoms with Crippen LogP contribution in [0.15, 0.2) is 17.2 Å². The number of halogens is 3. The first-order valence-corrected chi connectivity index (χ1v) is 9.97. The Morgan fingerprint density at radius 2 is 2.00 bits per heavy atom. The van der Waals surface area contributed by atoms with Gasteiger partial charge in [0.25, 0.3) is 5.91 Å². The van der Waals surface area contributed by atoms with Crippen LogP contribution < -0.4 is 5.32 Å².